The van der Waals surface area contributed by atoms with Crippen molar-refractivity contribution in [1.82, 2.24) is 29.7 Å². The smallest absolute Gasteiger partial charge is 0.225 e. The Morgan fingerprint density at radius 1 is 1.00 bits per heavy atom. The lowest BCUT2D eigenvalue weighted by Crippen LogP contribution is -2.17. The largest absolute Gasteiger partial charge is 0.358 e. The van der Waals surface area contributed by atoms with E-state index in [0.717, 1.165) is 54.0 Å². The molecule has 0 amide bonds. The van der Waals surface area contributed by atoms with Crippen LogP contribution >= 0.6 is 0 Å². The van der Waals surface area contributed by atoms with E-state index in [4.69, 9.17) is 4.74 Å². The molecular formula is C30H32N8O. The molecule has 5 aromatic rings. The van der Waals surface area contributed by atoms with E-state index in [2.05, 4.69) is 102 Å². The summed E-state index contributed by atoms with van der Waals surface area (Å²) in [4.78, 5) is 13.8. The fourth-order valence-electron chi connectivity index (χ4n) is 5.59. The van der Waals surface area contributed by atoms with E-state index in [1.54, 1.807) is 6.20 Å². The first-order chi connectivity index (χ1) is 19.2. The Morgan fingerprint density at radius 2 is 1.92 bits per heavy atom. The van der Waals surface area contributed by atoms with Gasteiger partial charge in [-0.1, -0.05) is 36.4 Å². The molecule has 9 nitrogen and oxygen atoms in total. The van der Waals surface area contributed by atoms with Crippen molar-refractivity contribution in [2.24, 2.45) is 0 Å². The van der Waals surface area contributed by atoms with E-state index < -0.39 is 0 Å². The van der Waals surface area contributed by atoms with Crippen LogP contribution in [0, 0.1) is 0 Å². The minimum absolute atomic E-state index is 0.00232. The molecule has 4 heterocycles. The van der Waals surface area contributed by atoms with Gasteiger partial charge in [-0.25, -0.2) is 9.97 Å². The van der Waals surface area contributed by atoms with E-state index in [9.17, 15) is 0 Å². The number of ether oxygens (including phenoxy) is 1. The van der Waals surface area contributed by atoms with Gasteiger partial charge in [0.05, 0.1) is 23.4 Å². The van der Waals surface area contributed by atoms with Gasteiger partial charge in [-0.2, -0.15) is 10.1 Å². The molecule has 2 fully saturated rings. The summed E-state index contributed by atoms with van der Waals surface area (Å²) >= 11 is 0. The molecule has 2 aromatic carbocycles. The summed E-state index contributed by atoms with van der Waals surface area (Å²) in [5, 5.41) is 14.4. The third-order valence-corrected chi connectivity index (χ3v) is 7.84. The zero-order valence-corrected chi connectivity index (χ0v) is 21.9. The van der Waals surface area contributed by atoms with Crippen molar-refractivity contribution >= 4 is 28.6 Å². The summed E-state index contributed by atoms with van der Waals surface area (Å²) in [6.07, 6.45) is 8.22. The van der Waals surface area contributed by atoms with Gasteiger partial charge in [0.2, 0.25) is 5.95 Å². The van der Waals surface area contributed by atoms with Crippen LogP contribution < -0.4 is 10.6 Å². The zero-order chi connectivity index (χ0) is 26.2. The molecule has 4 atom stereocenters. The van der Waals surface area contributed by atoms with Crippen LogP contribution in [0.5, 0.6) is 0 Å². The lowest BCUT2D eigenvalue weighted by atomic mass is 10.1. The number of hydrogen-bond donors (Lipinski definition) is 3. The van der Waals surface area contributed by atoms with Crippen LogP contribution in [0.3, 0.4) is 0 Å². The van der Waals surface area contributed by atoms with E-state index in [1.165, 1.54) is 12.0 Å². The number of H-pyrrole nitrogens is 1. The fraction of sp³-hybridized carbons (Fsp3) is 0.333. The molecule has 1 unspecified atom stereocenters. The van der Waals surface area contributed by atoms with Crippen LogP contribution in [0.15, 0.2) is 73.2 Å². The Morgan fingerprint density at radius 3 is 2.79 bits per heavy atom. The van der Waals surface area contributed by atoms with Gasteiger partial charge in [-0.05, 0) is 67.9 Å². The molecule has 7 rings (SSSR count). The number of aromatic nitrogens is 6. The van der Waals surface area contributed by atoms with Crippen molar-refractivity contribution in [3.8, 4) is 0 Å². The maximum Gasteiger partial charge on any atom is 0.225 e. The molecule has 1 aliphatic carbocycles. The molecule has 0 spiro atoms. The number of nitrogens with one attached hydrogen (secondary N) is 3. The van der Waals surface area contributed by atoms with Crippen LogP contribution in [0.1, 0.15) is 73.5 Å². The maximum atomic E-state index is 5.96. The molecular weight excluding hydrogens is 488 g/mol. The first-order valence-electron chi connectivity index (χ1n) is 13.8. The fourth-order valence-corrected chi connectivity index (χ4v) is 5.59. The monoisotopic (exact) mass is 520 g/mol. The molecule has 9 heteroatoms. The summed E-state index contributed by atoms with van der Waals surface area (Å²) in [6, 6.07) is 21.0. The molecule has 1 aliphatic heterocycles. The minimum Gasteiger partial charge on any atom is -0.358 e. The second-order valence-electron chi connectivity index (χ2n) is 10.5. The van der Waals surface area contributed by atoms with Crippen molar-refractivity contribution in [3.05, 3.63) is 90.0 Å². The Balaban J connectivity index is 1.00. The van der Waals surface area contributed by atoms with Gasteiger partial charge in [0.25, 0.3) is 0 Å². The highest BCUT2D eigenvalue weighted by molar-refractivity contribution is 5.76. The van der Waals surface area contributed by atoms with Gasteiger partial charge >= 0.3 is 0 Å². The van der Waals surface area contributed by atoms with Crippen LogP contribution in [0.25, 0.3) is 11.0 Å². The van der Waals surface area contributed by atoms with Crippen LogP contribution in [0.2, 0.25) is 0 Å². The number of benzene rings is 2. The molecule has 2 aliphatic rings. The van der Waals surface area contributed by atoms with Gasteiger partial charge < -0.3 is 19.9 Å². The SMILES string of the molecule is C[C@H](Nc1nccc(Nc2cc([C@@H]3C[C@H]3c3ccccc3)[nH]n2)n1)c1ccc2c(c1)ncn2C1CCCCO1. The zero-order valence-electron chi connectivity index (χ0n) is 21.9. The second-order valence-corrected chi connectivity index (χ2v) is 10.5. The lowest BCUT2D eigenvalue weighted by molar-refractivity contribution is -0.0295. The quantitative estimate of drug-likeness (QED) is 0.216. The number of nitrogens with zero attached hydrogens (tertiary/aromatic N) is 5. The Bertz CT molecular complexity index is 1570. The maximum absolute atomic E-state index is 5.96. The number of imidazole rings is 1. The van der Waals surface area contributed by atoms with E-state index in [1.807, 2.05) is 12.4 Å². The van der Waals surface area contributed by atoms with Crippen LogP contribution in [-0.4, -0.2) is 36.3 Å². The first-order valence-corrected chi connectivity index (χ1v) is 13.8. The van der Waals surface area contributed by atoms with Crippen molar-refractivity contribution in [3.63, 3.8) is 0 Å². The van der Waals surface area contributed by atoms with E-state index in [0.29, 0.717) is 23.6 Å². The third kappa shape index (κ3) is 4.97. The lowest BCUT2D eigenvalue weighted by Gasteiger charge is -2.24. The molecule has 3 N–H and O–H groups in total. The van der Waals surface area contributed by atoms with Crippen molar-refractivity contribution in [1.29, 1.82) is 0 Å². The predicted octanol–water partition coefficient (Wildman–Crippen LogP) is 6.44. The van der Waals surface area contributed by atoms with E-state index in [-0.39, 0.29) is 12.3 Å². The van der Waals surface area contributed by atoms with Crippen LogP contribution in [-0.2, 0) is 4.74 Å². The van der Waals surface area contributed by atoms with Crippen molar-refractivity contribution < 1.29 is 4.74 Å². The molecule has 1 saturated carbocycles. The summed E-state index contributed by atoms with van der Waals surface area (Å²) in [5.41, 5.74) is 5.72. The van der Waals surface area contributed by atoms with Crippen molar-refractivity contribution in [2.45, 2.75) is 56.7 Å². The van der Waals surface area contributed by atoms with E-state index >= 15 is 0 Å². The number of rotatable bonds is 8. The molecule has 39 heavy (non-hydrogen) atoms. The highest BCUT2D eigenvalue weighted by Gasteiger charge is 2.40. The first kappa shape index (κ1) is 23.8. The molecule has 1 saturated heterocycles. The predicted molar refractivity (Wildman–Crippen MR) is 151 cm³/mol. The summed E-state index contributed by atoms with van der Waals surface area (Å²) in [6.45, 7) is 2.92. The van der Waals surface area contributed by atoms with Gasteiger partial charge in [0.15, 0.2) is 5.82 Å². The summed E-state index contributed by atoms with van der Waals surface area (Å²) in [7, 11) is 0. The minimum atomic E-state index is 0.00232. The average Bonchev–Trinajstić information content (AvgIpc) is 3.45. The van der Waals surface area contributed by atoms with Gasteiger partial charge in [0, 0.05) is 30.5 Å². The molecule has 0 radical (unpaired) electrons. The summed E-state index contributed by atoms with van der Waals surface area (Å²) < 4.78 is 8.11. The molecule has 198 valence electrons. The van der Waals surface area contributed by atoms with Gasteiger partial charge in [-0.3, -0.25) is 5.10 Å². The summed E-state index contributed by atoms with van der Waals surface area (Å²) in [5.74, 6) is 3.04. The average molecular weight is 521 g/mol. The number of anilines is 3. The number of fused-ring (bicyclic) bond motifs is 1. The Hall–Kier alpha value is -4.24. The standard InChI is InChI=1S/C30H32N8O/c1-19(21-10-11-26-25(15-21)32-18-38(26)29-9-5-6-14-39-29)33-30-31-13-12-27(35-30)34-28-17-24(36-37-28)23-16-22(23)20-7-3-2-4-8-20/h2-4,7-8,10-13,15,17-19,22-23,29H,5-6,9,14,16H2,1H3,(H3,31,33,34,35,36,37)/t19-,22-,23+,29?/m0/s1. The topological polar surface area (TPSA) is 106 Å². The third-order valence-electron chi connectivity index (χ3n) is 7.84. The molecule has 0 bridgehead atoms. The Kier molecular flexibility index (Phi) is 6.20. The van der Waals surface area contributed by atoms with Gasteiger partial charge in [-0.15, -0.1) is 0 Å². The highest BCUT2D eigenvalue weighted by atomic mass is 16.5. The number of aromatic amines is 1. The van der Waals surface area contributed by atoms with Crippen LogP contribution in [0.4, 0.5) is 17.6 Å². The highest BCUT2D eigenvalue weighted by Crippen LogP contribution is 2.54. The normalized spacial score (nSPS) is 21.5. The second kappa shape index (κ2) is 10.1. The number of hydrogen-bond acceptors (Lipinski definition) is 7. The van der Waals surface area contributed by atoms with Crippen molar-refractivity contribution in [2.75, 3.05) is 17.2 Å². The Labute approximate surface area is 227 Å². The van der Waals surface area contributed by atoms with Gasteiger partial charge in [0.1, 0.15) is 12.0 Å². The molecule has 3 aromatic heterocycles.